The van der Waals surface area contributed by atoms with Gasteiger partial charge in [-0.3, -0.25) is 28.8 Å². The third-order valence-corrected chi connectivity index (χ3v) is 10.9. The molecule has 1 unspecified atom stereocenters. The monoisotopic (exact) mass is 837 g/mol. The number of aryl methyl sites for hydroxylation is 1. The zero-order valence-corrected chi connectivity index (χ0v) is 33.8. The Balaban J connectivity index is 0.794. The lowest BCUT2D eigenvalue weighted by Gasteiger charge is -2.22. The maximum absolute atomic E-state index is 14.1. The van der Waals surface area contributed by atoms with Gasteiger partial charge in [0.1, 0.15) is 18.1 Å². The SMILES string of the molecule is CN(CCOCCNCc1ccc(-n2cc(NC(=O)c3coc(-c4ccnc(N(C)C5CC5)c4)n3)c(C(F)F)n2)cc1)c1ccc2c(c1)n(C)c(=O)n2C1CCC(=O)NC1=O. The van der Waals surface area contributed by atoms with E-state index in [1.165, 1.54) is 26.3 Å². The quantitative estimate of drug-likeness (QED) is 0.0859. The predicted octanol–water partition coefficient (Wildman–Crippen LogP) is 4.58. The molecule has 17 nitrogen and oxygen atoms in total. The Kier molecular flexibility index (Phi) is 11.7. The number of pyridine rings is 1. The zero-order valence-electron chi connectivity index (χ0n) is 33.8. The highest BCUT2D eigenvalue weighted by Crippen LogP contribution is 2.32. The Morgan fingerprint density at radius 1 is 1.03 bits per heavy atom. The highest BCUT2D eigenvalue weighted by molar-refractivity contribution is 6.03. The third-order valence-electron chi connectivity index (χ3n) is 10.9. The highest BCUT2D eigenvalue weighted by atomic mass is 19.3. The van der Waals surface area contributed by atoms with Crippen molar-refractivity contribution in [2.45, 2.75) is 50.7 Å². The molecule has 6 aromatic rings. The summed E-state index contributed by atoms with van der Waals surface area (Å²) in [6.45, 7) is 2.64. The van der Waals surface area contributed by atoms with Crippen LogP contribution in [-0.4, -0.2) is 93.0 Å². The number of aromatic nitrogens is 6. The number of anilines is 3. The van der Waals surface area contributed by atoms with Gasteiger partial charge >= 0.3 is 5.69 Å². The summed E-state index contributed by atoms with van der Waals surface area (Å²) >= 11 is 0. The van der Waals surface area contributed by atoms with E-state index >= 15 is 0 Å². The first-order valence-corrected chi connectivity index (χ1v) is 19.9. The van der Waals surface area contributed by atoms with Crippen molar-refractivity contribution in [3.8, 4) is 17.1 Å². The van der Waals surface area contributed by atoms with E-state index in [1.54, 1.807) is 31.4 Å². The number of carbonyl (C=O) groups excluding carboxylic acids is 3. The Bertz CT molecular complexity index is 2630. The maximum atomic E-state index is 14.1. The van der Waals surface area contributed by atoms with Crippen LogP contribution < -0.4 is 31.4 Å². The van der Waals surface area contributed by atoms with Crippen molar-refractivity contribution in [3.63, 3.8) is 0 Å². The van der Waals surface area contributed by atoms with Gasteiger partial charge in [0.05, 0.1) is 41.8 Å². The number of halogens is 2. The van der Waals surface area contributed by atoms with E-state index < -0.39 is 30.0 Å². The van der Waals surface area contributed by atoms with Gasteiger partial charge in [0.25, 0.3) is 12.3 Å². The molecule has 318 valence electrons. The lowest BCUT2D eigenvalue weighted by atomic mass is 10.1. The average molecular weight is 838 g/mol. The second kappa shape index (κ2) is 17.5. The maximum Gasteiger partial charge on any atom is 0.329 e. The van der Waals surface area contributed by atoms with Crippen molar-refractivity contribution in [1.82, 2.24) is 39.5 Å². The molecule has 3 amide bonds. The lowest BCUT2D eigenvalue weighted by molar-refractivity contribution is -0.135. The van der Waals surface area contributed by atoms with E-state index in [9.17, 15) is 28.0 Å². The van der Waals surface area contributed by atoms with Crippen molar-refractivity contribution in [1.29, 1.82) is 0 Å². The molecule has 1 saturated heterocycles. The van der Waals surface area contributed by atoms with Crippen LogP contribution in [0, 0.1) is 0 Å². The van der Waals surface area contributed by atoms with Crippen molar-refractivity contribution in [3.05, 3.63) is 101 Å². The van der Waals surface area contributed by atoms with E-state index in [2.05, 4.69) is 35.9 Å². The Labute approximate surface area is 348 Å². The third kappa shape index (κ3) is 8.92. The van der Waals surface area contributed by atoms with Crippen LogP contribution in [0.1, 0.15) is 59.9 Å². The summed E-state index contributed by atoms with van der Waals surface area (Å²) in [5, 5.41) is 12.2. The topological polar surface area (TPSA) is 187 Å². The number of amides is 3. The van der Waals surface area contributed by atoms with Gasteiger partial charge in [-0.2, -0.15) is 5.10 Å². The van der Waals surface area contributed by atoms with Gasteiger partial charge in [-0.25, -0.2) is 28.2 Å². The van der Waals surface area contributed by atoms with Crippen molar-refractivity contribution >= 4 is 45.9 Å². The number of carbonyl (C=O) groups is 3. The average Bonchev–Trinajstić information content (AvgIpc) is 3.73. The van der Waals surface area contributed by atoms with Gasteiger partial charge in [0.15, 0.2) is 11.4 Å². The fourth-order valence-corrected chi connectivity index (χ4v) is 7.26. The molecule has 0 spiro atoms. The molecule has 61 heavy (non-hydrogen) atoms. The number of hydrogen-bond acceptors (Lipinski definition) is 12. The van der Waals surface area contributed by atoms with E-state index in [0.29, 0.717) is 61.2 Å². The number of benzene rings is 2. The number of imidazole rings is 1. The van der Waals surface area contributed by atoms with Crippen LogP contribution in [0.3, 0.4) is 0 Å². The molecular weight excluding hydrogens is 793 g/mol. The van der Waals surface area contributed by atoms with Crippen molar-refractivity contribution in [2.75, 3.05) is 55.5 Å². The zero-order chi connectivity index (χ0) is 42.8. The van der Waals surface area contributed by atoms with Gasteiger partial charge in [0.2, 0.25) is 17.7 Å². The molecule has 2 aliphatic rings. The Morgan fingerprint density at radius 2 is 1.84 bits per heavy atom. The number of fused-ring (bicyclic) bond motifs is 1. The summed E-state index contributed by atoms with van der Waals surface area (Å²) in [6, 6.07) is 16.1. The van der Waals surface area contributed by atoms with Gasteiger partial charge in [-0.05, 0) is 67.3 Å². The summed E-state index contributed by atoms with van der Waals surface area (Å²) in [7, 11) is 5.56. The molecule has 1 saturated carbocycles. The minimum atomic E-state index is -2.94. The number of likely N-dealkylation sites (N-methyl/N-ethyl adjacent to an activating group) is 1. The van der Waals surface area contributed by atoms with Crippen LogP contribution in [0.15, 0.2) is 82.5 Å². The van der Waals surface area contributed by atoms with E-state index in [1.807, 2.05) is 55.4 Å². The molecule has 1 aliphatic heterocycles. The minimum absolute atomic E-state index is 0.0721. The lowest BCUT2D eigenvalue weighted by Crippen LogP contribution is -2.44. The number of rotatable bonds is 17. The molecule has 8 rings (SSSR count). The number of nitrogens with one attached hydrogen (secondary N) is 3. The number of hydrogen-bond donors (Lipinski definition) is 3. The first-order valence-electron chi connectivity index (χ1n) is 19.9. The second-order valence-corrected chi connectivity index (χ2v) is 15.1. The second-order valence-electron chi connectivity index (χ2n) is 15.1. The fourth-order valence-electron chi connectivity index (χ4n) is 7.26. The number of piperidine rings is 1. The number of alkyl halides is 2. The summed E-state index contributed by atoms with van der Waals surface area (Å²) in [4.78, 5) is 63.2. The van der Waals surface area contributed by atoms with Crippen LogP contribution in [0.5, 0.6) is 0 Å². The molecule has 1 atom stereocenters. The molecule has 1 aliphatic carbocycles. The number of imide groups is 1. The van der Waals surface area contributed by atoms with E-state index in [4.69, 9.17) is 9.15 Å². The van der Waals surface area contributed by atoms with Gasteiger partial charge in [-0.15, -0.1) is 0 Å². The molecule has 2 fully saturated rings. The Morgan fingerprint density at radius 3 is 2.59 bits per heavy atom. The molecule has 5 heterocycles. The molecule has 19 heteroatoms. The number of nitrogens with zero attached hydrogens (tertiary/aromatic N) is 8. The van der Waals surface area contributed by atoms with Crippen LogP contribution in [0.2, 0.25) is 0 Å². The van der Waals surface area contributed by atoms with Gasteiger partial charge < -0.3 is 29.6 Å². The smallest absolute Gasteiger partial charge is 0.329 e. The molecule has 3 N–H and O–H groups in total. The summed E-state index contributed by atoms with van der Waals surface area (Å²) < 4.78 is 43.8. The first-order chi connectivity index (χ1) is 29.4. The minimum Gasteiger partial charge on any atom is -0.444 e. The predicted molar refractivity (Wildman–Crippen MR) is 222 cm³/mol. The fraction of sp³-hybridized carbons (Fsp3) is 0.357. The molecule has 0 bridgehead atoms. The first kappa shape index (κ1) is 41.0. The number of ether oxygens (including phenoxy) is 1. The van der Waals surface area contributed by atoms with Crippen molar-refractivity contribution in [2.24, 2.45) is 7.05 Å². The van der Waals surface area contributed by atoms with Crippen LogP contribution in [-0.2, 0) is 27.9 Å². The molecular formula is C42H45F2N11O6. The number of oxazole rings is 1. The Hall–Kier alpha value is -6.73. The van der Waals surface area contributed by atoms with Crippen LogP contribution >= 0.6 is 0 Å². The molecule has 4 aromatic heterocycles. The van der Waals surface area contributed by atoms with Crippen molar-refractivity contribution < 1.29 is 32.3 Å². The highest BCUT2D eigenvalue weighted by Gasteiger charge is 2.32. The molecule has 0 radical (unpaired) electrons. The summed E-state index contributed by atoms with van der Waals surface area (Å²) in [5.41, 5.74) is 3.19. The largest absolute Gasteiger partial charge is 0.444 e. The molecule has 2 aromatic carbocycles. The van der Waals surface area contributed by atoms with E-state index in [-0.39, 0.29) is 41.7 Å². The summed E-state index contributed by atoms with van der Waals surface area (Å²) in [6.07, 6.45) is 3.89. The van der Waals surface area contributed by atoms with Crippen LogP contribution in [0.4, 0.5) is 26.0 Å². The van der Waals surface area contributed by atoms with Crippen LogP contribution in [0.25, 0.3) is 28.2 Å². The normalized spacial score (nSPS) is 15.4. The standard InChI is InChI=1S/C42H45F2N11O6/c1-51(29-10-11-32-34(21-29)53(3)42(59)55(32)33-12-13-36(56)49-40(33)58)17-19-60-18-16-45-22-25-4-6-28(7-5-25)54-23-30(37(50-54)38(43)44)47-39(57)31-24-61-41(48-31)26-14-15-46-35(20-26)52(2)27-8-9-27/h4-7,10-11,14-15,20-21,23-24,27,33,38,45H,8-9,12-13,16-19,22H2,1-3H3,(H,47,57)(H,49,56,58). The van der Waals surface area contributed by atoms with Gasteiger partial charge in [-0.1, -0.05) is 12.1 Å². The van der Waals surface area contributed by atoms with Gasteiger partial charge in [0, 0.05) is 70.7 Å². The summed E-state index contributed by atoms with van der Waals surface area (Å²) in [5.74, 6) is -0.554. The van der Waals surface area contributed by atoms with E-state index in [0.717, 1.165) is 29.9 Å².